The summed E-state index contributed by atoms with van der Waals surface area (Å²) in [5.74, 6) is 0. The number of nitrogens with one attached hydrogen (secondary N) is 2. The van der Waals surface area contributed by atoms with Crippen LogP contribution in [0.2, 0.25) is 0 Å². The number of halogens is 1. The van der Waals surface area contributed by atoms with E-state index in [4.69, 9.17) is 5.41 Å². The van der Waals surface area contributed by atoms with Crippen molar-refractivity contribution in [1.82, 2.24) is 10.2 Å². The molecule has 0 amide bonds. The van der Waals surface area contributed by atoms with Gasteiger partial charge in [0.25, 0.3) is 0 Å². The lowest BCUT2D eigenvalue weighted by atomic mass is 10.1. The van der Waals surface area contributed by atoms with Gasteiger partial charge < -0.3 is 10.2 Å². The quantitative estimate of drug-likeness (QED) is 0.820. The highest BCUT2D eigenvalue weighted by atomic mass is 79.9. The third-order valence-corrected chi connectivity index (χ3v) is 2.88. The first-order valence-corrected chi connectivity index (χ1v) is 6.19. The van der Waals surface area contributed by atoms with Crippen molar-refractivity contribution >= 4 is 21.6 Å². The van der Waals surface area contributed by atoms with E-state index in [-0.39, 0.29) is 0 Å². The van der Waals surface area contributed by atoms with Gasteiger partial charge in [-0.2, -0.15) is 0 Å². The third-order valence-electron chi connectivity index (χ3n) is 2.25. The summed E-state index contributed by atoms with van der Waals surface area (Å²) in [6.07, 6.45) is 1.76. The molecule has 0 fully saturated rings. The highest BCUT2D eigenvalue weighted by molar-refractivity contribution is 9.12. The average Bonchev–Trinajstić information content (AvgIpc) is 2.28. The van der Waals surface area contributed by atoms with Crippen molar-refractivity contribution in [2.24, 2.45) is 0 Å². The normalized spacial score (nSPS) is 11.7. The lowest BCUT2D eigenvalue weighted by molar-refractivity contribution is 0.402. The summed E-state index contributed by atoms with van der Waals surface area (Å²) in [5, 5.41) is 10.9. The van der Waals surface area contributed by atoms with Gasteiger partial charge in [0.05, 0.1) is 10.2 Å². The lowest BCUT2D eigenvalue weighted by Crippen LogP contribution is -2.10. The van der Waals surface area contributed by atoms with Gasteiger partial charge in [-0.15, -0.1) is 0 Å². The highest BCUT2D eigenvalue weighted by Crippen LogP contribution is 2.14. The van der Waals surface area contributed by atoms with E-state index < -0.39 is 0 Å². The topological polar surface area (TPSA) is 39.1 Å². The van der Waals surface area contributed by atoms with Crippen molar-refractivity contribution in [2.75, 3.05) is 21.1 Å². The zero-order valence-corrected chi connectivity index (χ0v) is 12.0. The molecule has 1 aromatic carbocycles. The van der Waals surface area contributed by atoms with Gasteiger partial charge in [0.1, 0.15) is 0 Å². The van der Waals surface area contributed by atoms with Crippen LogP contribution < -0.4 is 5.32 Å². The van der Waals surface area contributed by atoms with Gasteiger partial charge in [-0.3, -0.25) is 5.41 Å². The fourth-order valence-corrected chi connectivity index (χ4v) is 1.94. The number of allylic oxidation sites excluding steroid dienone is 1. The molecule has 0 heterocycles. The largest absolute Gasteiger partial charge is 0.393 e. The molecule has 2 N–H and O–H groups in total. The Bertz CT molecular complexity index is 407. The molecule has 1 aromatic rings. The molecule has 0 aromatic heterocycles. The number of rotatable bonds is 5. The van der Waals surface area contributed by atoms with Crippen molar-refractivity contribution in [1.29, 1.82) is 5.41 Å². The molecule has 1 rings (SSSR count). The molecule has 17 heavy (non-hydrogen) atoms. The van der Waals surface area contributed by atoms with Crippen LogP contribution in [0.5, 0.6) is 0 Å². The van der Waals surface area contributed by atoms with Gasteiger partial charge in [0, 0.05) is 25.4 Å². The molecule has 0 spiro atoms. The van der Waals surface area contributed by atoms with Gasteiger partial charge in [0.2, 0.25) is 0 Å². The van der Waals surface area contributed by atoms with E-state index >= 15 is 0 Å². The molecule has 0 aliphatic heterocycles. The zero-order chi connectivity index (χ0) is 12.8. The van der Waals surface area contributed by atoms with E-state index in [1.165, 1.54) is 5.56 Å². The number of hydrogen-bond donors (Lipinski definition) is 2. The Morgan fingerprint density at radius 3 is 2.41 bits per heavy atom. The van der Waals surface area contributed by atoms with Crippen LogP contribution in [-0.4, -0.2) is 31.8 Å². The fourth-order valence-electron chi connectivity index (χ4n) is 1.48. The van der Waals surface area contributed by atoms with Crippen molar-refractivity contribution in [3.8, 4) is 0 Å². The molecular weight excluding hydrogens is 278 g/mol. The van der Waals surface area contributed by atoms with Crippen LogP contribution in [0.4, 0.5) is 0 Å². The van der Waals surface area contributed by atoms with E-state index in [1.54, 1.807) is 6.20 Å². The van der Waals surface area contributed by atoms with E-state index in [0.717, 1.165) is 16.6 Å². The summed E-state index contributed by atoms with van der Waals surface area (Å²) in [5.41, 5.74) is 2.64. The highest BCUT2D eigenvalue weighted by Gasteiger charge is 2.05. The Kier molecular flexibility index (Phi) is 5.38. The summed E-state index contributed by atoms with van der Waals surface area (Å²) in [7, 11) is 5.90. The second kappa shape index (κ2) is 6.57. The van der Waals surface area contributed by atoms with Crippen LogP contribution in [-0.2, 0) is 6.54 Å². The number of nitrogens with zero attached hydrogens (tertiary/aromatic N) is 1. The van der Waals surface area contributed by atoms with Crippen LogP contribution in [0.1, 0.15) is 11.1 Å². The van der Waals surface area contributed by atoms with E-state index in [0.29, 0.717) is 5.71 Å². The first-order valence-electron chi connectivity index (χ1n) is 5.40. The summed E-state index contributed by atoms with van der Waals surface area (Å²) >= 11 is 3.36. The Morgan fingerprint density at radius 1 is 1.35 bits per heavy atom. The first-order chi connectivity index (χ1) is 8.04. The van der Waals surface area contributed by atoms with Crippen molar-refractivity contribution in [3.05, 3.63) is 46.1 Å². The third kappa shape index (κ3) is 4.32. The van der Waals surface area contributed by atoms with Gasteiger partial charge in [-0.25, -0.2) is 0 Å². The summed E-state index contributed by atoms with van der Waals surface area (Å²) in [6, 6.07) is 8.07. The van der Waals surface area contributed by atoms with Gasteiger partial charge >= 0.3 is 0 Å². The van der Waals surface area contributed by atoms with Crippen LogP contribution >= 0.6 is 15.9 Å². The second-order valence-corrected chi connectivity index (χ2v) is 4.94. The lowest BCUT2D eigenvalue weighted by Gasteiger charge is -2.10. The minimum atomic E-state index is 0.482. The summed E-state index contributed by atoms with van der Waals surface area (Å²) in [6.45, 7) is 0.918. The average molecular weight is 296 g/mol. The van der Waals surface area contributed by atoms with Gasteiger partial charge in [-0.05, 0) is 35.6 Å². The monoisotopic (exact) mass is 295 g/mol. The molecule has 92 valence electrons. The summed E-state index contributed by atoms with van der Waals surface area (Å²) in [4.78, 5) is 2.12. The molecule has 0 atom stereocenters. The maximum atomic E-state index is 7.99. The molecule has 0 saturated heterocycles. The van der Waals surface area contributed by atoms with Gasteiger partial charge in [0.15, 0.2) is 0 Å². The minimum Gasteiger partial charge on any atom is -0.393 e. The molecule has 4 heteroatoms. The van der Waals surface area contributed by atoms with E-state index in [1.807, 2.05) is 33.3 Å². The van der Waals surface area contributed by atoms with Gasteiger partial charge in [-0.1, -0.05) is 24.3 Å². The number of benzene rings is 1. The smallest absolute Gasteiger partial charge is 0.0768 e. The Labute approximate surface area is 111 Å². The standard InChI is InChI=1S/C13H18BrN3/c1-16-8-12(14)13(15)11-6-4-10(5-7-11)9-17(2)3/h4-8,15-16H,9H2,1-3H3/b12-8+,15-13?. The molecule has 0 bridgehead atoms. The summed E-state index contributed by atoms with van der Waals surface area (Å²) < 4.78 is 0.750. The van der Waals surface area contributed by atoms with E-state index in [2.05, 4.69) is 38.3 Å². The molecule has 0 aliphatic rings. The minimum absolute atomic E-state index is 0.482. The Morgan fingerprint density at radius 2 is 1.94 bits per heavy atom. The molecule has 0 aliphatic carbocycles. The fraction of sp³-hybridized carbons (Fsp3) is 0.308. The number of hydrogen-bond acceptors (Lipinski definition) is 3. The molecule has 0 unspecified atom stereocenters. The maximum absolute atomic E-state index is 7.99. The van der Waals surface area contributed by atoms with E-state index in [9.17, 15) is 0 Å². The van der Waals surface area contributed by atoms with Crippen LogP contribution in [0.25, 0.3) is 0 Å². The molecule has 0 radical (unpaired) electrons. The predicted molar refractivity (Wildman–Crippen MR) is 76.7 cm³/mol. The second-order valence-electron chi connectivity index (χ2n) is 4.09. The predicted octanol–water partition coefficient (Wildman–Crippen LogP) is 2.57. The molecule has 0 saturated carbocycles. The van der Waals surface area contributed by atoms with Crippen molar-refractivity contribution in [2.45, 2.75) is 6.54 Å². The van der Waals surface area contributed by atoms with Crippen LogP contribution in [0.3, 0.4) is 0 Å². The van der Waals surface area contributed by atoms with Crippen LogP contribution in [0.15, 0.2) is 34.9 Å². The SMILES string of the molecule is CN/C=C(/Br)C(=N)c1ccc(CN(C)C)cc1. The molecule has 3 nitrogen and oxygen atoms in total. The maximum Gasteiger partial charge on any atom is 0.0768 e. The first kappa shape index (κ1) is 13.9. The molecular formula is C13H18BrN3. The van der Waals surface area contributed by atoms with Crippen molar-refractivity contribution < 1.29 is 0 Å². The van der Waals surface area contributed by atoms with Crippen molar-refractivity contribution in [3.63, 3.8) is 0 Å². The Hall–Kier alpha value is -1.13. The Balaban J connectivity index is 2.80. The zero-order valence-electron chi connectivity index (χ0n) is 10.4. The van der Waals surface area contributed by atoms with Crippen LogP contribution in [0, 0.1) is 5.41 Å².